The summed E-state index contributed by atoms with van der Waals surface area (Å²) in [7, 11) is -2.57. The first-order valence-electron chi connectivity index (χ1n) is 4.65. The molecule has 0 aromatic heterocycles. The highest BCUT2D eigenvalue weighted by atomic mass is 32.2. The number of ether oxygens (including phenoxy) is 1. The standard InChI is InChI=1S/C8H18N2O2S/c1-8(2)13(9,11)10-4-3-6-12-7-5-10/h8-9H,3-7H2,1-2H3. The van der Waals surface area contributed by atoms with Gasteiger partial charge in [0.2, 0.25) is 0 Å². The fourth-order valence-corrected chi connectivity index (χ4v) is 2.63. The Balaban J connectivity index is 2.69. The fraction of sp³-hybridized carbons (Fsp3) is 1.00. The lowest BCUT2D eigenvalue weighted by atomic mass is 10.5. The van der Waals surface area contributed by atoms with E-state index in [1.165, 1.54) is 0 Å². The summed E-state index contributed by atoms with van der Waals surface area (Å²) < 4.78 is 26.7. The van der Waals surface area contributed by atoms with Crippen molar-refractivity contribution in [3.63, 3.8) is 0 Å². The molecule has 5 heteroatoms. The van der Waals surface area contributed by atoms with E-state index < -0.39 is 9.92 Å². The van der Waals surface area contributed by atoms with Gasteiger partial charge in [0.15, 0.2) is 0 Å². The highest BCUT2D eigenvalue weighted by molar-refractivity contribution is 7.90. The van der Waals surface area contributed by atoms with E-state index in [9.17, 15) is 4.21 Å². The van der Waals surface area contributed by atoms with Gasteiger partial charge >= 0.3 is 0 Å². The number of hydrogen-bond donors (Lipinski definition) is 1. The molecule has 0 aliphatic carbocycles. The zero-order valence-electron chi connectivity index (χ0n) is 8.28. The summed E-state index contributed by atoms with van der Waals surface area (Å²) in [6, 6.07) is 0. The number of rotatable bonds is 2. The first-order valence-corrected chi connectivity index (χ1v) is 6.23. The quantitative estimate of drug-likeness (QED) is 0.735. The molecular weight excluding hydrogens is 188 g/mol. The summed E-state index contributed by atoms with van der Waals surface area (Å²) in [6.45, 7) is 6.34. The third-order valence-electron chi connectivity index (χ3n) is 2.20. The molecule has 1 unspecified atom stereocenters. The van der Waals surface area contributed by atoms with Gasteiger partial charge in [-0.05, 0) is 20.3 Å². The smallest absolute Gasteiger partial charge is 0.110 e. The molecule has 1 N–H and O–H groups in total. The minimum atomic E-state index is -2.57. The molecule has 13 heavy (non-hydrogen) atoms. The van der Waals surface area contributed by atoms with E-state index in [0.717, 1.165) is 19.6 Å². The van der Waals surface area contributed by atoms with Gasteiger partial charge in [0.25, 0.3) is 0 Å². The Morgan fingerprint density at radius 2 is 2.08 bits per heavy atom. The first-order chi connectivity index (χ1) is 6.05. The van der Waals surface area contributed by atoms with Crippen LogP contribution in [0.1, 0.15) is 20.3 Å². The van der Waals surface area contributed by atoms with Crippen LogP contribution in [0.25, 0.3) is 0 Å². The molecule has 1 atom stereocenters. The molecule has 0 spiro atoms. The second kappa shape index (κ2) is 4.39. The normalized spacial score (nSPS) is 25.5. The fourth-order valence-electron chi connectivity index (χ4n) is 1.29. The maximum Gasteiger partial charge on any atom is 0.110 e. The molecule has 1 rings (SSSR count). The van der Waals surface area contributed by atoms with Crippen LogP contribution in [0, 0.1) is 4.78 Å². The molecule has 1 heterocycles. The van der Waals surface area contributed by atoms with Gasteiger partial charge in [-0.25, -0.2) is 13.3 Å². The molecule has 0 saturated carbocycles. The van der Waals surface area contributed by atoms with Crippen LogP contribution in [0.4, 0.5) is 0 Å². The van der Waals surface area contributed by atoms with Gasteiger partial charge < -0.3 is 4.74 Å². The van der Waals surface area contributed by atoms with Gasteiger partial charge in [0, 0.05) is 19.7 Å². The maximum absolute atomic E-state index is 11.9. The minimum Gasteiger partial charge on any atom is -0.380 e. The molecular formula is C8H18N2O2S. The second-order valence-corrected chi connectivity index (χ2v) is 6.11. The lowest BCUT2D eigenvalue weighted by molar-refractivity contribution is 0.148. The number of nitrogens with zero attached hydrogens (tertiary/aromatic N) is 1. The second-order valence-electron chi connectivity index (χ2n) is 3.51. The molecule has 0 amide bonds. The molecule has 4 nitrogen and oxygen atoms in total. The Kier molecular flexibility index (Phi) is 3.70. The molecule has 1 fully saturated rings. The van der Waals surface area contributed by atoms with Crippen molar-refractivity contribution >= 4 is 9.92 Å². The third-order valence-corrected chi connectivity index (χ3v) is 4.61. The van der Waals surface area contributed by atoms with Gasteiger partial charge in [-0.1, -0.05) is 0 Å². The Labute approximate surface area is 80.4 Å². The third kappa shape index (κ3) is 2.65. The maximum atomic E-state index is 11.9. The molecule has 0 aromatic rings. The highest BCUT2D eigenvalue weighted by Crippen LogP contribution is 2.11. The van der Waals surface area contributed by atoms with Crippen LogP contribution in [-0.2, 0) is 14.7 Å². The van der Waals surface area contributed by atoms with E-state index in [-0.39, 0.29) is 5.25 Å². The lowest BCUT2D eigenvalue weighted by Crippen LogP contribution is -2.37. The molecule has 1 aliphatic heterocycles. The summed E-state index contributed by atoms with van der Waals surface area (Å²) in [5.41, 5.74) is 0. The van der Waals surface area contributed by atoms with Gasteiger partial charge in [-0.15, -0.1) is 0 Å². The first kappa shape index (κ1) is 10.9. The van der Waals surface area contributed by atoms with Gasteiger partial charge in [-0.3, -0.25) is 0 Å². The van der Waals surface area contributed by atoms with Crippen LogP contribution in [-0.4, -0.2) is 40.1 Å². The number of nitrogens with one attached hydrogen (secondary N) is 1. The highest BCUT2D eigenvalue weighted by Gasteiger charge is 2.22. The van der Waals surface area contributed by atoms with Crippen molar-refractivity contribution in [1.29, 1.82) is 4.78 Å². The van der Waals surface area contributed by atoms with Crippen LogP contribution >= 0.6 is 0 Å². The predicted molar refractivity (Wildman–Crippen MR) is 53.0 cm³/mol. The van der Waals surface area contributed by atoms with Crippen molar-refractivity contribution in [3.05, 3.63) is 0 Å². The molecule has 0 radical (unpaired) electrons. The Bertz CT molecular complexity index is 241. The molecule has 1 saturated heterocycles. The Morgan fingerprint density at radius 3 is 2.69 bits per heavy atom. The summed E-state index contributed by atoms with van der Waals surface area (Å²) >= 11 is 0. The molecule has 1 aliphatic rings. The van der Waals surface area contributed by atoms with Crippen LogP contribution in [0.15, 0.2) is 0 Å². The van der Waals surface area contributed by atoms with Crippen molar-refractivity contribution in [1.82, 2.24) is 4.31 Å². The molecule has 0 bridgehead atoms. The van der Waals surface area contributed by atoms with Crippen molar-refractivity contribution < 1.29 is 8.95 Å². The average molecular weight is 206 g/mol. The van der Waals surface area contributed by atoms with E-state index in [0.29, 0.717) is 13.2 Å². The van der Waals surface area contributed by atoms with Crippen molar-refractivity contribution in [3.8, 4) is 0 Å². The van der Waals surface area contributed by atoms with Gasteiger partial charge in [-0.2, -0.15) is 0 Å². The SMILES string of the molecule is CC(C)S(=N)(=O)N1CCCOCC1. The van der Waals surface area contributed by atoms with Gasteiger partial charge in [0.05, 0.1) is 11.9 Å². The molecule has 0 aromatic carbocycles. The topological polar surface area (TPSA) is 53.4 Å². The Hall–Kier alpha value is -0.130. The monoisotopic (exact) mass is 206 g/mol. The Morgan fingerprint density at radius 1 is 1.38 bits per heavy atom. The summed E-state index contributed by atoms with van der Waals surface area (Å²) in [5.74, 6) is 0. The van der Waals surface area contributed by atoms with E-state index >= 15 is 0 Å². The summed E-state index contributed by atoms with van der Waals surface area (Å²) in [4.78, 5) is 0. The predicted octanol–water partition coefficient (Wildman–Crippen LogP) is 1.08. The van der Waals surface area contributed by atoms with Crippen molar-refractivity contribution in [2.75, 3.05) is 26.3 Å². The zero-order valence-corrected chi connectivity index (χ0v) is 9.10. The lowest BCUT2D eigenvalue weighted by Gasteiger charge is -2.24. The summed E-state index contributed by atoms with van der Waals surface area (Å²) in [5, 5.41) is -0.106. The van der Waals surface area contributed by atoms with E-state index in [2.05, 4.69) is 0 Å². The van der Waals surface area contributed by atoms with E-state index in [4.69, 9.17) is 9.52 Å². The van der Waals surface area contributed by atoms with Crippen LogP contribution in [0.3, 0.4) is 0 Å². The summed E-state index contributed by atoms with van der Waals surface area (Å²) in [6.07, 6.45) is 0.878. The van der Waals surface area contributed by atoms with Gasteiger partial charge in [0.1, 0.15) is 9.92 Å². The average Bonchev–Trinajstić information content (AvgIpc) is 2.31. The number of hydrogen-bond acceptors (Lipinski definition) is 3. The zero-order chi connectivity index (χ0) is 9.90. The minimum absolute atomic E-state index is 0.106. The van der Waals surface area contributed by atoms with E-state index in [1.807, 2.05) is 13.8 Å². The van der Waals surface area contributed by atoms with Crippen molar-refractivity contribution in [2.45, 2.75) is 25.5 Å². The van der Waals surface area contributed by atoms with Crippen LogP contribution in [0.2, 0.25) is 0 Å². The van der Waals surface area contributed by atoms with Crippen LogP contribution < -0.4 is 0 Å². The van der Waals surface area contributed by atoms with Crippen molar-refractivity contribution in [2.24, 2.45) is 0 Å². The largest absolute Gasteiger partial charge is 0.380 e. The molecule has 78 valence electrons. The van der Waals surface area contributed by atoms with E-state index in [1.54, 1.807) is 4.31 Å². The van der Waals surface area contributed by atoms with Crippen LogP contribution in [0.5, 0.6) is 0 Å².